The standard InChI is InChI=1S/C27H28N6O/c1-28-20-33-19-23(17-29-33)24-8-9-26-25(30-24)13-16-32(26)18-22-11-14-31(15-12-22)27(34)10-7-21-5-3-2-4-6-21/h2-6,8-9,13,16-17,19,22H,7,10-12,14-15,18,20H2. The lowest BCUT2D eigenvalue weighted by Gasteiger charge is -2.32. The van der Waals surface area contributed by atoms with Gasteiger partial charge in [0, 0.05) is 44.0 Å². The second-order valence-electron chi connectivity index (χ2n) is 8.95. The first kappa shape index (κ1) is 21.9. The molecule has 1 aromatic carbocycles. The lowest BCUT2D eigenvalue weighted by Crippen LogP contribution is -2.39. The molecule has 0 N–H and O–H groups in total. The first-order chi connectivity index (χ1) is 16.7. The monoisotopic (exact) mass is 452 g/mol. The third-order valence-corrected chi connectivity index (χ3v) is 6.66. The molecule has 1 aliphatic rings. The van der Waals surface area contributed by atoms with Crippen molar-refractivity contribution in [3.05, 3.63) is 84.1 Å². The molecule has 1 aliphatic heterocycles. The number of amides is 1. The van der Waals surface area contributed by atoms with Crippen LogP contribution in [-0.2, 0) is 24.4 Å². The maximum Gasteiger partial charge on any atom is 0.307 e. The number of aromatic nitrogens is 4. The Morgan fingerprint density at radius 2 is 1.91 bits per heavy atom. The Balaban J connectivity index is 1.17. The molecule has 1 fully saturated rings. The van der Waals surface area contributed by atoms with Crippen molar-refractivity contribution in [2.75, 3.05) is 13.1 Å². The van der Waals surface area contributed by atoms with Crippen LogP contribution >= 0.6 is 0 Å². The van der Waals surface area contributed by atoms with Gasteiger partial charge in [-0.2, -0.15) is 5.10 Å². The van der Waals surface area contributed by atoms with Crippen LogP contribution in [0.1, 0.15) is 24.8 Å². The molecule has 172 valence electrons. The summed E-state index contributed by atoms with van der Waals surface area (Å²) >= 11 is 0. The highest BCUT2D eigenvalue weighted by Gasteiger charge is 2.23. The molecule has 4 aromatic rings. The second kappa shape index (κ2) is 9.92. The molecule has 0 unspecified atom stereocenters. The molecule has 5 rings (SSSR count). The minimum atomic E-state index is 0.218. The summed E-state index contributed by atoms with van der Waals surface area (Å²) in [5.74, 6) is 0.825. The summed E-state index contributed by atoms with van der Waals surface area (Å²) in [6.07, 6.45) is 9.18. The summed E-state index contributed by atoms with van der Waals surface area (Å²) in [6, 6.07) is 16.4. The van der Waals surface area contributed by atoms with Crippen molar-refractivity contribution in [3.8, 4) is 11.3 Å². The van der Waals surface area contributed by atoms with Crippen LogP contribution in [0.3, 0.4) is 0 Å². The predicted molar refractivity (Wildman–Crippen MR) is 132 cm³/mol. The van der Waals surface area contributed by atoms with E-state index < -0.39 is 0 Å². The number of benzene rings is 1. The molecule has 4 heterocycles. The van der Waals surface area contributed by atoms with Crippen LogP contribution in [0.15, 0.2) is 67.1 Å². The van der Waals surface area contributed by atoms with Gasteiger partial charge in [0.25, 0.3) is 0 Å². The molecule has 1 amide bonds. The van der Waals surface area contributed by atoms with Crippen LogP contribution in [0.2, 0.25) is 0 Å². The Hall–Kier alpha value is -3.92. The Morgan fingerprint density at radius 3 is 2.71 bits per heavy atom. The third kappa shape index (κ3) is 4.86. The van der Waals surface area contributed by atoms with Crippen LogP contribution in [0.25, 0.3) is 27.1 Å². The Bertz CT molecular complexity index is 1310. The number of hydrogen-bond acceptors (Lipinski definition) is 3. The molecule has 0 bridgehead atoms. The van der Waals surface area contributed by atoms with Gasteiger partial charge in [0.2, 0.25) is 5.91 Å². The van der Waals surface area contributed by atoms with Crippen molar-refractivity contribution >= 4 is 16.9 Å². The Kier molecular flexibility index (Phi) is 6.39. The molecule has 7 nitrogen and oxygen atoms in total. The summed E-state index contributed by atoms with van der Waals surface area (Å²) in [6.45, 7) is 9.83. The number of rotatable bonds is 7. The third-order valence-electron chi connectivity index (χ3n) is 6.66. The zero-order valence-electron chi connectivity index (χ0n) is 19.2. The van der Waals surface area contributed by atoms with Crippen LogP contribution in [0.5, 0.6) is 0 Å². The molecule has 0 spiro atoms. The van der Waals surface area contributed by atoms with E-state index in [4.69, 9.17) is 11.6 Å². The zero-order valence-corrected chi connectivity index (χ0v) is 19.2. The van der Waals surface area contributed by atoms with E-state index in [1.807, 2.05) is 35.4 Å². The van der Waals surface area contributed by atoms with Crippen LogP contribution in [0.4, 0.5) is 0 Å². The molecule has 34 heavy (non-hydrogen) atoms. The van der Waals surface area contributed by atoms with Gasteiger partial charge in [0.1, 0.15) is 0 Å². The van der Waals surface area contributed by atoms with Gasteiger partial charge in [-0.05, 0) is 48.9 Å². The average molecular weight is 453 g/mol. The van der Waals surface area contributed by atoms with Gasteiger partial charge in [-0.25, -0.2) is 16.2 Å². The van der Waals surface area contributed by atoms with E-state index in [1.165, 1.54) is 5.56 Å². The summed E-state index contributed by atoms with van der Waals surface area (Å²) in [5.41, 5.74) is 5.09. The number of hydrogen-bond donors (Lipinski definition) is 0. The smallest absolute Gasteiger partial charge is 0.307 e. The van der Waals surface area contributed by atoms with E-state index in [-0.39, 0.29) is 12.6 Å². The first-order valence-electron chi connectivity index (χ1n) is 11.8. The molecular formula is C27H28N6O. The SMILES string of the molecule is [C-]#[N+]Cn1cc(-c2ccc3c(ccn3CC3CCN(C(=O)CCc4ccccc4)CC3)n2)cn1. The van der Waals surface area contributed by atoms with Gasteiger partial charge in [-0.15, -0.1) is 0 Å². The van der Waals surface area contributed by atoms with E-state index in [9.17, 15) is 4.79 Å². The van der Waals surface area contributed by atoms with Gasteiger partial charge in [-0.3, -0.25) is 9.64 Å². The van der Waals surface area contributed by atoms with E-state index in [2.05, 4.69) is 45.0 Å². The van der Waals surface area contributed by atoms with Crippen LogP contribution < -0.4 is 0 Å². The van der Waals surface area contributed by atoms with Crippen molar-refractivity contribution in [2.24, 2.45) is 5.92 Å². The predicted octanol–water partition coefficient (Wildman–Crippen LogP) is 4.65. The molecule has 3 aromatic heterocycles. The number of carbonyl (C=O) groups excluding carboxylic acids is 1. The Morgan fingerprint density at radius 1 is 1.09 bits per heavy atom. The van der Waals surface area contributed by atoms with Crippen molar-refractivity contribution in [2.45, 2.75) is 38.9 Å². The molecule has 1 saturated heterocycles. The normalized spacial score (nSPS) is 14.4. The average Bonchev–Trinajstić information content (AvgIpc) is 3.51. The highest BCUT2D eigenvalue weighted by atomic mass is 16.2. The number of aryl methyl sites for hydroxylation is 1. The van der Waals surface area contributed by atoms with E-state index in [0.717, 1.165) is 61.2 Å². The number of pyridine rings is 1. The van der Waals surface area contributed by atoms with Crippen molar-refractivity contribution in [1.82, 2.24) is 24.2 Å². The molecule has 0 aliphatic carbocycles. The molecule has 0 atom stereocenters. The van der Waals surface area contributed by atoms with Crippen LogP contribution in [0, 0.1) is 12.5 Å². The maximum absolute atomic E-state index is 12.6. The zero-order chi connectivity index (χ0) is 23.3. The van der Waals surface area contributed by atoms with Gasteiger partial charge < -0.3 is 9.47 Å². The fourth-order valence-electron chi connectivity index (χ4n) is 4.74. The molecule has 0 saturated carbocycles. The minimum absolute atomic E-state index is 0.218. The highest BCUT2D eigenvalue weighted by molar-refractivity contribution is 5.79. The summed E-state index contributed by atoms with van der Waals surface area (Å²) in [7, 11) is 0. The highest BCUT2D eigenvalue weighted by Crippen LogP contribution is 2.25. The van der Waals surface area contributed by atoms with Crippen molar-refractivity contribution in [1.29, 1.82) is 0 Å². The number of carbonyl (C=O) groups is 1. The minimum Gasteiger partial charge on any atom is -0.346 e. The van der Waals surface area contributed by atoms with E-state index >= 15 is 0 Å². The molecular weight excluding hydrogens is 424 g/mol. The van der Waals surface area contributed by atoms with Crippen molar-refractivity contribution in [3.63, 3.8) is 0 Å². The van der Waals surface area contributed by atoms with Gasteiger partial charge in [0.15, 0.2) is 0 Å². The van der Waals surface area contributed by atoms with E-state index in [1.54, 1.807) is 10.9 Å². The van der Waals surface area contributed by atoms with Crippen molar-refractivity contribution < 1.29 is 4.79 Å². The summed E-state index contributed by atoms with van der Waals surface area (Å²) < 4.78 is 3.91. The molecule has 7 heteroatoms. The van der Waals surface area contributed by atoms with Gasteiger partial charge in [-0.1, -0.05) is 30.3 Å². The lowest BCUT2D eigenvalue weighted by molar-refractivity contribution is -0.132. The topological polar surface area (TPSA) is 60.3 Å². The Labute approximate surface area is 199 Å². The summed E-state index contributed by atoms with van der Waals surface area (Å²) in [5, 5.41) is 4.22. The number of fused-ring (bicyclic) bond motifs is 1. The maximum atomic E-state index is 12.6. The van der Waals surface area contributed by atoms with Crippen LogP contribution in [-0.4, -0.2) is 43.2 Å². The first-order valence-corrected chi connectivity index (χ1v) is 11.8. The quantitative estimate of drug-likeness (QED) is 0.384. The number of nitrogens with zero attached hydrogens (tertiary/aromatic N) is 6. The molecule has 0 radical (unpaired) electrons. The fraction of sp³-hybridized carbons (Fsp3) is 0.333. The lowest BCUT2D eigenvalue weighted by atomic mass is 9.96. The largest absolute Gasteiger partial charge is 0.346 e. The van der Waals surface area contributed by atoms with Gasteiger partial charge >= 0.3 is 6.67 Å². The summed E-state index contributed by atoms with van der Waals surface area (Å²) in [4.78, 5) is 22.9. The van der Waals surface area contributed by atoms with Gasteiger partial charge in [0.05, 0.1) is 22.9 Å². The van der Waals surface area contributed by atoms with E-state index in [0.29, 0.717) is 12.3 Å². The fourth-order valence-corrected chi connectivity index (χ4v) is 4.74. The number of likely N-dealkylation sites (tertiary alicyclic amines) is 1. The second-order valence-corrected chi connectivity index (χ2v) is 8.95. The number of piperidine rings is 1.